The van der Waals surface area contributed by atoms with Crippen molar-refractivity contribution in [1.82, 2.24) is 5.32 Å². The average molecular weight is 343 g/mol. The first-order valence-electron chi connectivity index (χ1n) is 7.92. The first-order chi connectivity index (χ1) is 12.0. The van der Waals surface area contributed by atoms with Gasteiger partial charge in [0.2, 0.25) is 0 Å². The lowest BCUT2D eigenvalue weighted by Gasteiger charge is -2.12. The Labute approximate surface area is 146 Å². The highest BCUT2D eigenvalue weighted by Crippen LogP contribution is 2.23. The molecule has 0 aliphatic heterocycles. The van der Waals surface area contributed by atoms with Crippen molar-refractivity contribution < 1.29 is 14.5 Å². The minimum absolute atomic E-state index is 0.00666. The second-order valence-corrected chi connectivity index (χ2v) is 5.56. The van der Waals surface area contributed by atoms with Crippen LogP contribution in [0.3, 0.4) is 0 Å². The Morgan fingerprint density at radius 1 is 1.08 bits per heavy atom. The van der Waals surface area contributed by atoms with Gasteiger partial charge in [-0.3, -0.25) is 14.9 Å². The molecule has 0 aliphatic rings. The lowest BCUT2D eigenvalue weighted by atomic mass is 10.1. The quantitative estimate of drug-likeness (QED) is 0.437. The van der Waals surface area contributed by atoms with E-state index >= 15 is 0 Å². The highest BCUT2D eigenvalue weighted by molar-refractivity contribution is 5.77. The molecule has 25 heavy (non-hydrogen) atoms. The second kappa shape index (κ2) is 8.68. The molecule has 0 bridgehead atoms. The van der Waals surface area contributed by atoms with Crippen LogP contribution in [0, 0.1) is 24.0 Å². The molecule has 2 N–H and O–H groups in total. The molecule has 0 fully saturated rings. The van der Waals surface area contributed by atoms with Gasteiger partial charge in [-0.2, -0.15) is 0 Å². The van der Waals surface area contributed by atoms with E-state index in [1.807, 2.05) is 32.0 Å². The van der Waals surface area contributed by atoms with Crippen molar-refractivity contribution in [3.05, 3.63) is 63.7 Å². The minimum Gasteiger partial charge on any atom is -0.483 e. The van der Waals surface area contributed by atoms with E-state index in [-0.39, 0.29) is 18.2 Å². The van der Waals surface area contributed by atoms with Gasteiger partial charge in [-0.1, -0.05) is 30.3 Å². The van der Waals surface area contributed by atoms with Gasteiger partial charge in [-0.05, 0) is 31.0 Å². The number of aryl methyl sites for hydroxylation is 2. The SMILES string of the molecule is Cc1cccc(C)c1OCC(=O)NCCNc1ccccc1[N+](=O)[O-]. The van der Waals surface area contributed by atoms with E-state index < -0.39 is 4.92 Å². The van der Waals surface area contributed by atoms with Crippen molar-refractivity contribution >= 4 is 17.3 Å². The van der Waals surface area contributed by atoms with E-state index in [1.54, 1.807) is 18.2 Å². The number of carbonyl (C=O) groups is 1. The summed E-state index contributed by atoms with van der Waals surface area (Å²) >= 11 is 0. The maximum atomic E-state index is 11.9. The van der Waals surface area contributed by atoms with Gasteiger partial charge in [0.1, 0.15) is 11.4 Å². The Morgan fingerprint density at radius 3 is 2.44 bits per heavy atom. The normalized spacial score (nSPS) is 10.2. The summed E-state index contributed by atoms with van der Waals surface area (Å²) in [6.07, 6.45) is 0. The molecule has 2 rings (SSSR count). The number of hydrogen-bond acceptors (Lipinski definition) is 5. The third-order valence-corrected chi connectivity index (χ3v) is 3.62. The second-order valence-electron chi connectivity index (χ2n) is 5.56. The molecule has 0 aliphatic carbocycles. The lowest BCUT2D eigenvalue weighted by molar-refractivity contribution is -0.384. The van der Waals surface area contributed by atoms with Crippen molar-refractivity contribution in [2.45, 2.75) is 13.8 Å². The number of para-hydroxylation sites is 3. The Hall–Kier alpha value is -3.09. The van der Waals surface area contributed by atoms with Gasteiger partial charge in [0.15, 0.2) is 6.61 Å². The standard InChI is InChI=1S/C18H21N3O4/c1-13-6-5-7-14(2)18(13)25-12-17(22)20-11-10-19-15-8-3-4-9-16(15)21(23)24/h3-9,19H,10-12H2,1-2H3,(H,20,22). The van der Waals surface area contributed by atoms with Gasteiger partial charge >= 0.3 is 0 Å². The van der Waals surface area contributed by atoms with Crippen molar-refractivity contribution in [2.24, 2.45) is 0 Å². The van der Waals surface area contributed by atoms with Crippen molar-refractivity contribution in [3.63, 3.8) is 0 Å². The van der Waals surface area contributed by atoms with Crippen molar-refractivity contribution in [3.8, 4) is 5.75 Å². The zero-order valence-electron chi connectivity index (χ0n) is 14.2. The van der Waals surface area contributed by atoms with E-state index in [1.165, 1.54) is 6.07 Å². The molecular weight excluding hydrogens is 322 g/mol. The van der Waals surface area contributed by atoms with Crippen LogP contribution in [-0.4, -0.2) is 30.5 Å². The van der Waals surface area contributed by atoms with Crippen LogP contribution in [0.2, 0.25) is 0 Å². The van der Waals surface area contributed by atoms with Crippen LogP contribution >= 0.6 is 0 Å². The zero-order valence-corrected chi connectivity index (χ0v) is 14.2. The highest BCUT2D eigenvalue weighted by Gasteiger charge is 2.11. The van der Waals surface area contributed by atoms with E-state index in [2.05, 4.69) is 10.6 Å². The number of nitro groups is 1. The van der Waals surface area contributed by atoms with Gasteiger partial charge in [0, 0.05) is 19.2 Å². The summed E-state index contributed by atoms with van der Waals surface area (Å²) in [5.74, 6) is 0.475. The number of amides is 1. The molecule has 2 aromatic rings. The fourth-order valence-electron chi connectivity index (χ4n) is 2.40. The Morgan fingerprint density at radius 2 is 1.76 bits per heavy atom. The number of benzene rings is 2. The zero-order chi connectivity index (χ0) is 18.2. The van der Waals surface area contributed by atoms with Gasteiger partial charge in [0.05, 0.1) is 4.92 Å². The maximum absolute atomic E-state index is 11.9. The fraction of sp³-hybridized carbons (Fsp3) is 0.278. The van der Waals surface area contributed by atoms with Gasteiger partial charge < -0.3 is 15.4 Å². The molecule has 7 nitrogen and oxygen atoms in total. The summed E-state index contributed by atoms with van der Waals surface area (Å²) < 4.78 is 5.57. The molecule has 0 aromatic heterocycles. The van der Waals surface area contributed by atoms with E-state index in [0.717, 1.165) is 16.9 Å². The molecule has 0 spiro atoms. The molecule has 0 heterocycles. The van der Waals surface area contributed by atoms with Gasteiger partial charge in [0.25, 0.3) is 11.6 Å². The average Bonchev–Trinajstić information content (AvgIpc) is 2.58. The van der Waals surface area contributed by atoms with Crippen LogP contribution in [-0.2, 0) is 4.79 Å². The van der Waals surface area contributed by atoms with Crippen molar-refractivity contribution in [2.75, 3.05) is 25.0 Å². The molecular formula is C18H21N3O4. The van der Waals surface area contributed by atoms with Gasteiger partial charge in [-0.25, -0.2) is 0 Å². The van der Waals surface area contributed by atoms with Gasteiger partial charge in [-0.15, -0.1) is 0 Å². The number of nitrogens with zero attached hydrogens (tertiary/aromatic N) is 1. The summed E-state index contributed by atoms with van der Waals surface area (Å²) in [7, 11) is 0. The van der Waals surface area contributed by atoms with Crippen LogP contribution in [0.4, 0.5) is 11.4 Å². The smallest absolute Gasteiger partial charge is 0.292 e. The summed E-state index contributed by atoms with van der Waals surface area (Å²) in [5, 5.41) is 16.6. The number of nitrogens with one attached hydrogen (secondary N) is 2. The molecule has 1 amide bonds. The maximum Gasteiger partial charge on any atom is 0.292 e. The third-order valence-electron chi connectivity index (χ3n) is 3.62. The number of rotatable bonds is 8. The molecule has 0 radical (unpaired) electrons. The number of carbonyl (C=O) groups excluding carboxylic acids is 1. The molecule has 0 unspecified atom stereocenters. The summed E-state index contributed by atoms with van der Waals surface area (Å²) in [6.45, 7) is 4.49. The van der Waals surface area contributed by atoms with Crippen LogP contribution in [0.5, 0.6) is 5.75 Å². The third kappa shape index (κ3) is 5.20. The molecule has 2 aromatic carbocycles. The lowest BCUT2D eigenvalue weighted by Crippen LogP contribution is -2.32. The molecule has 0 atom stereocenters. The summed E-state index contributed by atoms with van der Waals surface area (Å²) in [4.78, 5) is 22.3. The number of nitro benzene ring substituents is 1. The Balaban J connectivity index is 1.75. The fourth-order valence-corrected chi connectivity index (χ4v) is 2.40. The number of ether oxygens (including phenoxy) is 1. The first kappa shape index (κ1) is 18.3. The van der Waals surface area contributed by atoms with Crippen LogP contribution < -0.4 is 15.4 Å². The molecule has 7 heteroatoms. The largest absolute Gasteiger partial charge is 0.483 e. The first-order valence-corrected chi connectivity index (χ1v) is 7.92. The minimum atomic E-state index is -0.445. The predicted octanol–water partition coefficient (Wildman–Crippen LogP) is 2.82. The highest BCUT2D eigenvalue weighted by atomic mass is 16.6. The van der Waals surface area contributed by atoms with Crippen LogP contribution in [0.25, 0.3) is 0 Å². The topological polar surface area (TPSA) is 93.5 Å². The number of hydrogen-bond donors (Lipinski definition) is 2. The molecule has 0 saturated heterocycles. The number of anilines is 1. The van der Waals surface area contributed by atoms with Crippen molar-refractivity contribution in [1.29, 1.82) is 0 Å². The van der Waals surface area contributed by atoms with Crippen LogP contribution in [0.1, 0.15) is 11.1 Å². The monoisotopic (exact) mass is 343 g/mol. The molecule has 132 valence electrons. The van der Waals surface area contributed by atoms with Crippen LogP contribution in [0.15, 0.2) is 42.5 Å². The van der Waals surface area contributed by atoms with E-state index in [9.17, 15) is 14.9 Å². The van der Waals surface area contributed by atoms with E-state index in [4.69, 9.17) is 4.74 Å². The molecule has 0 saturated carbocycles. The summed E-state index contributed by atoms with van der Waals surface area (Å²) in [6, 6.07) is 12.2. The van der Waals surface area contributed by atoms with E-state index in [0.29, 0.717) is 18.8 Å². The predicted molar refractivity (Wildman–Crippen MR) is 96.0 cm³/mol. The Bertz CT molecular complexity index is 741. The summed E-state index contributed by atoms with van der Waals surface area (Å²) in [5.41, 5.74) is 2.39. The Kier molecular flexibility index (Phi) is 6.33.